The molecule has 2 unspecified atom stereocenters. The number of carbonyl (C=O) groups is 4. The number of rotatable bonds is 67. The van der Waals surface area contributed by atoms with Crippen molar-refractivity contribution in [1.82, 2.24) is 0 Å². The van der Waals surface area contributed by atoms with Crippen molar-refractivity contribution in [2.24, 2.45) is 5.92 Å². The van der Waals surface area contributed by atoms with E-state index >= 15 is 0 Å². The molecule has 0 saturated carbocycles. The summed E-state index contributed by atoms with van der Waals surface area (Å²) in [6.07, 6.45) is 45.7. The van der Waals surface area contributed by atoms with E-state index in [4.69, 9.17) is 37.0 Å². The quantitative estimate of drug-likeness (QED) is 0.0222. The number of unbranched alkanes of at least 4 members (excludes halogenated alkanes) is 39. The zero-order valence-electron chi connectivity index (χ0n) is 55.4. The molecule has 5 atom stereocenters. The third-order valence-corrected chi connectivity index (χ3v) is 17.4. The molecule has 0 radical (unpaired) electrons. The van der Waals surface area contributed by atoms with Crippen LogP contribution in [0.1, 0.15) is 343 Å². The topological polar surface area (TPSA) is 237 Å². The number of aliphatic hydroxyl groups is 1. The zero-order chi connectivity index (χ0) is 63.5. The van der Waals surface area contributed by atoms with Gasteiger partial charge in [-0.25, -0.2) is 9.13 Å². The smallest absolute Gasteiger partial charge is 0.462 e. The Morgan fingerprint density at radius 3 is 0.791 bits per heavy atom. The summed E-state index contributed by atoms with van der Waals surface area (Å²) < 4.78 is 68.1. The number of phosphoric ester groups is 2. The molecule has 0 bridgehead atoms. The zero-order valence-corrected chi connectivity index (χ0v) is 57.2. The van der Waals surface area contributed by atoms with Gasteiger partial charge in [0.1, 0.15) is 19.3 Å². The molecule has 0 heterocycles. The first-order valence-electron chi connectivity index (χ1n) is 35.1. The molecule has 0 spiro atoms. The molecular weight excluding hydrogens is 1140 g/mol. The first-order valence-corrected chi connectivity index (χ1v) is 38.1. The highest BCUT2D eigenvalue weighted by Crippen LogP contribution is 2.45. The average molecular weight is 1270 g/mol. The van der Waals surface area contributed by atoms with Gasteiger partial charge in [-0.15, -0.1) is 0 Å². The van der Waals surface area contributed by atoms with E-state index in [0.29, 0.717) is 25.7 Å². The van der Waals surface area contributed by atoms with Gasteiger partial charge in [-0.1, -0.05) is 291 Å². The van der Waals surface area contributed by atoms with Crippen LogP contribution in [0.25, 0.3) is 0 Å². The molecule has 0 rings (SSSR count). The second kappa shape index (κ2) is 60.6. The molecule has 0 aliphatic heterocycles. The van der Waals surface area contributed by atoms with E-state index < -0.39 is 97.5 Å². The van der Waals surface area contributed by atoms with E-state index in [1.54, 1.807) is 0 Å². The average Bonchev–Trinajstić information content (AvgIpc) is 3.51. The number of carbonyl (C=O) groups excluding carboxylic acids is 4. The summed E-state index contributed by atoms with van der Waals surface area (Å²) in [6.45, 7) is 7.18. The highest BCUT2D eigenvalue weighted by molar-refractivity contribution is 7.47. The molecule has 0 aromatic rings. The minimum atomic E-state index is -4.95. The van der Waals surface area contributed by atoms with Crippen LogP contribution in [-0.4, -0.2) is 96.7 Å². The number of ether oxygens (including phenoxy) is 4. The summed E-state index contributed by atoms with van der Waals surface area (Å²) in [5, 5.41) is 10.6. The van der Waals surface area contributed by atoms with Crippen LogP contribution in [-0.2, 0) is 65.4 Å². The number of esters is 4. The lowest BCUT2D eigenvalue weighted by molar-refractivity contribution is -0.161. The van der Waals surface area contributed by atoms with Crippen LogP contribution in [0.5, 0.6) is 0 Å². The first-order chi connectivity index (χ1) is 41.5. The molecule has 0 fully saturated rings. The molecule has 3 N–H and O–H groups in total. The number of phosphoric acid groups is 2. The Balaban J connectivity index is 5.23. The van der Waals surface area contributed by atoms with Gasteiger partial charge in [-0.3, -0.25) is 37.3 Å². The van der Waals surface area contributed by atoms with E-state index in [-0.39, 0.29) is 25.7 Å². The van der Waals surface area contributed by atoms with Gasteiger partial charge in [0.05, 0.1) is 26.4 Å². The second-order valence-corrected chi connectivity index (χ2v) is 27.6. The van der Waals surface area contributed by atoms with E-state index in [1.165, 1.54) is 161 Å². The molecule has 510 valence electrons. The Bertz CT molecular complexity index is 1670. The van der Waals surface area contributed by atoms with Crippen LogP contribution in [0.2, 0.25) is 0 Å². The van der Waals surface area contributed by atoms with Gasteiger partial charge in [0.2, 0.25) is 0 Å². The first kappa shape index (κ1) is 84.1. The third-order valence-electron chi connectivity index (χ3n) is 15.5. The summed E-state index contributed by atoms with van der Waals surface area (Å²) in [6, 6.07) is 0. The highest BCUT2D eigenvalue weighted by atomic mass is 31.2. The highest BCUT2D eigenvalue weighted by Gasteiger charge is 2.30. The Morgan fingerprint density at radius 1 is 0.314 bits per heavy atom. The molecule has 0 aromatic carbocycles. The lowest BCUT2D eigenvalue weighted by Crippen LogP contribution is -2.30. The van der Waals surface area contributed by atoms with Crippen LogP contribution >= 0.6 is 15.6 Å². The van der Waals surface area contributed by atoms with Crippen LogP contribution < -0.4 is 0 Å². The Kier molecular flexibility index (Phi) is 59.2. The van der Waals surface area contributed by atoms with E-state index in [1.807, 2.05) is 0 Å². The maximum atomic E-state index is 13.0. The number of hydrogen-bond donors (Lipinski definition) is 3. The Morgan fingerprint density at radius 2 is 0.535 bits per heavy atom. The third kappa shape index (κ3) is 60.9. The number of hydrogen-bond acceptors (Lipinski definition) is 15. The molecular formula is C67H130O17P2. The van der Waals surface area contributed by atoms with Gasteiger partial charge in [0, 0.05) is 25.7 Å². The van der Waals surface area contributed by atoms with E-state index in [9.17, 15) is 43.2 Å². The van der Waals surface area contributed by atoms with Gasteiger partial charge >= 0.3 is 39.5 Å². The predicted octanol–water partition coefficient (Wildman–Crippen LogP) is 19.0. The van der Waals surface area contributed by atoms with Gasteiger partial charge in [0.25, 0.3) is 0 Å². The van der Waals surface area contributed by atoms with Gasteiger partial charge in [-0.05, 0) is 31.6 Å². The lowest BCUT2D eigenvalue weighted by atomic mass is 10.0. The molecule has 0 aliphatic rings. The molecule has 86 heavy (non-hydrogen) atoms. The van der Waals surface area contributed by atoms with Crippen molar-refractivity contribution in [2.45, 2.75) is 361 Å². The van der Waals surface area contributed by atoms with Crippen LogP contribution in [0.15, 0.2) is 0 Å². The maximum absolute atomic E-state index is 13.0. The van der Waals surface area contributed by atoms with Crippen molar-refractivity contribution in [3.63, 3.8) is 0 Å². The van der Waals surface area contributed by atoms with Crippen LogP contribution in [0.4, 0.5) is 0 Å². The molecule has 0 aromatic heterocycles. The Hall–Kier alpha value is -1.94. The largest absolute Gasteiger partial charge is 0.472 e. The summed E-state index contributed by atoms with van der Waals surface area (Å²) in [7, 11) is -9.89. The van der Waals surface area contributed by atoms with E-state index in [2.05, 4.69) is 34.6 Å². The molecule has 19 heteroatoms. The second-order valence-electron chi connectivity index (χ2n) is 24.7. The fraction of sp³-hybridized carbons (Fsp3) is 0.940. The predicted molar refractivity (Wildman–Crippen MR) is 345 cm³/mol. The fourth-order valence-corrected chi connectivity index (χ4v) is 11.7. The fourth-order valence-electron chi connectivity index (χ4n) is 10.1. The summed E-state index contributed by atoms with van der Waals surface area (Å²) >= 11 is 0. The van der Waals surface area contributed by atoms with E-state index in [0.717, 1.165) is 102 Å². The SMILES string of the molecule is CCCCCCCCCCCCCCCCC(=O)O[C@H](COC(=O)CCCCCCCCCCCC(C)C)COP(=O)(O)OC[C@@H](O)COP(=O)(O)OC[C@@H](COC(=O)CCCCCCCCCC)OC(=O)CCCCCCCCCCCCCC. The standard InChI is InChI=1S/C67H130O17P2/c1-6-9-12-15-18-21-23-25-26-28-32-38-43-48-53-67(72)84-63(57-78-65(70)51-46-41-36-33-29-30-34-39-44-49-60(4)5)59-82-86(75,76)80-55-61(68)54-79-85(73,74)81-58-62(56-77-64(69)50-45-40-35-20-17-14-11-8-3)83-66(71)52-47-42-37-31-27-24-22-19-16-13-10-7-2/h60-63,68H,6-59H2,1-5H3,(H,73,74)(H,75,76)/t61-,62+,63+/m0/s1. The van der Waals surface area contributed by atoms with Crippen molar-refractivity contribution in [1.29, 1.82) is 0 Å². The summed E-state index contributed by atoms with van der Waals surface area (Å²) in [4.78, 5) is 72.3. The normalized spacial score (nSPS) is 14.2. The summed E-state index contributed by atoms with van der Waals surface area (Å²) in [5.41, 5.74) is 0. The van der Waals surface area contributed by atoms with Crippen LogP contribution in [0.3, 0.4) is 0 Å². The van der Waals surface area contributed by atoms with Crippen molar-refractivity contribution >= 4 is 39.5 Å². The van der Waals surface area contributed by atoms with Crippen molar-refractivity contribution in [3.8, 4) is 0 Å². The molecule has 0 saturated heterocycles. The number of aliphatic hydroxyl groups excluding tert-OH is 1. The van der Waals surface area contributed by atoms with Crippen molar-refractivity contribution in [3.05, 3.63) is 0 Å². The monoisotopic (exact) mass is 1270 g/mol. The maximum Gasteiger partial charge on any atom is 0.472 e. The van der Waals surface area contributed by atoms with Crippen molar-refractivity contribution < 1.29 is 80.2 Å². The minimum absolute atomic E-state index is 0.107. The lowest BCUT2D eigenvalue weighted by Gasteiger charge is -2.21. The Labute approximate surface area is 524 Å². The molecule has 0 amide bonds. The van der Waals surface area contributed by atoms with Gasteiger partial charge in [0.15, 0.2) is 12.2 Å². The van der Waals surface area contributed by atoms with Gasteiger partial charge < -0.3 is 33.8 Å². The van der Waals surface area contributed by atoms with Crippen molar-refractivity contribution in [2.75, 3.05) is 39.6 Å². The molecule has 0 aliphatic carbocycles. The minimum Gasteiger partial charge on any atom is -0.462 e. The summed E-state index contributed by atoms with van der Waals surface area (Å²) in [5.74, 6) is -1.38. The molecule has 17 nitrogen and oxygen atoms in total. The van der Waals surface area contributed by atoms with Crippen LogP contribution in [0, 0.1) is 5.92 Å². The van der Waals surface area contributed by atoms with Gasteiger partial charge in [-0.2, -0.15) is 0 Å².